The second-order valence-corrected chi connectivity index (χ2v) is 22.2. The van der Waals surface area contributed by atoms with Crippen LogP contribution in [-0.4, -0.2) is 64.8 Å². The zero-order chi connectivity index (χ0) is 23.4. The lowest BCUT2D eigenvalue weighted by Crippen LogP contribution is -2.64. The molecule has 2 rings (SSSR count). The maximum atomic E-state index is 10.6. The van der Waals surface area contributed by atoms with Crippen LogP contribution in [0.3, 0.4) is 0 Å². The topological polar surface area (TPSA) is 66.4 Å². The van der Waals surface area contributed by atoms with Crippen LogP contribution in [0.15, 0.2) is 0 Å². The molecule has 3 atom stereocenters. The zero-order valence-electron chi connectivity index (χ0n) is 21.3. The molecule has 0 aromatic carbocycles. The van der Waals surface area contributed by atoms with Crippen molar-refractivity contribution in [1.29, 1.82) is 0 Å². The van der Waals surface area contributed by atoms with Crippen molar-refractivity contribution in [3.8, 4) is 0 Å². The Hall–Kier alpha value is 0.194. The summed E-state index contributed by atoms with van der Waals surface area (Å²) >= 11 is 0. The van der Waals surface area contributed by atoms with Crippen LogP contribution < -0.4 is 0 Å². The van der Waals surface area contributed by atoms with Crippen molar-refractivity contribution in [3.05, 3.63) is 0 Å². The summed E-state index contributed by atoms with van der Waals surface area (Å²) in [7, 11) is -4.10. The van der Waals surface area contributed by atoms with E-state index in [1.165, 1.54) is 0 Å². The standard InChI is InChI=1S/C22H46O6Si2/c1-19(2,3)29(9,10)24-14-22(15-25-30(11,12)20(4,5)6)18-16(13-17(23)27-22)26-21(7,8)28-18/h16-18,23H,13-15H2,1-12H3/t16-,17+,18-/m1/s1. The highest BCUT2D eigenvalue weighted by Crippen LogP contribution is 2.45. The van der Waals surface area contributed by atoms with Crippen molar-refractivity contribution in [1.82, 2.24) is 0 Å². The summed E-state index contributed by atoms with van der Waals surface area (Å²) in [5, 5.41) is 10.7. The minimum atomic E-state index is -2.05. The van der Waals surface area contributed by atoms with Crippen LogP contribution in [0.2, 0.25) is 36.3 Å². The average molecular weight is 463 g/mol. The smallest absolute Gasteiger partial charge is 0.192 e. The van der Waals surface area contributed by atoms with Gasteiger partial charge in [0.05, 0.1) is 19.3 Å². The number of hydrogen-bond acceptors (Lipinski definition) is 6. The average Bonchev–Trinajstić information content (AvgIpc) is 2.83. The second kappa shape index (κ2) is 8.20. The van der Waals surface area contributed by atoms with Gasteiger partial charge in [-0.25, -0.2) is 0 Å². The molecule has 0 aromatic heterocycles. The summed E-state index contributed by atoms with van der Waals surface area (Å²) in [6.07, 6.45) is -1.16. The van der Waals surface area contributed by atoms with E-state index in [4.69, 9.17) is 23.1 Å². The molecule has 30 heavy (non-hydrogen) atoms. The van der Waals surface area contributed by atoms with E-state index >= 15 is 0 Å². The molecule has 0 bridgehead atoms. The molecule has 0 aromatic rings. The van der Waals surface area contributed by atoms with Gasteiger partial charge in [0.25, 0.3) is 0 Å². The highest BCUT2D eigenvalue weighted by atomic mass is 28.4. The van der Waals surface area contributed by atoms with Gasteiger partial charge in [-0.2, -0.15) is 0 Å². The lowest BCUT2D eigenvalue weighted by molar-refractivity contribution is -0.279. The summed E-state index contributed by atoms with van der Waals surface area (Å²) in [4.78, 5) is 0. The Morgan fingerprint density at radius 2 is 1.27 bits per heavy atom. The van der Waals surface area contributed by atoms with Crippen LogP contribution in [0.1, 0.15) is 61.8 Å². The summed E-state index contributed by atoms with van der Waals surface area (Å²) in [6.45, 7) is 26.7. The van der Waals surface area contributed by atoms with Crippen molar-refractivity contribution in [2.75, 3.05) is 13.2 Å². The molecule has 0 unspecified atom stereocenters. The first-order chi connectivity index (χ1) is 13.2. The summed E-state index contributed by atoms with van der Waals surface area (Å²) in [5.74, 6) is -0.734. The monoisotopic (exact) mass is 462 g/mol. The van der Waals surface area contributed by atoms with Crippen molar-refractivity contribution in [2.45, 2.75) is 128 Å². The molecule has 0 aliphatic carbocycles. The molecule has 6 nitrogen and oxygen atoms in total. The van der Waals surface area contributed by atoms with Crippen LogP contribution in [0.4, 0.5) is 0 Å². The third-order valence-electron chi connectivity index (χ3n) is 7.47. The summed E-state index contributed by atoms with van der Waals surface area (Å²) < 4.78 is 31.9. The number of hydrogen-bond donors (Lipinski definition) is 1. The van der Waals surface area contributed by atoms with Gasteiger partial charge in [0, 0.05) is 6.42 Å². The van der Waals surface area contributed by atoms with Gasteiger partial charge >= 0.3 is 0 Å². The van der Waals surface area contributed by atoms with Crippen LogP contribution >= 0.6 is 0 Å². The van der Waals surface area contributed by atoms with Crippen LogP contribution in [0.25, 0.3) is 0 Å². The van der Waals surface area contributed by atoms with Crippen LogP contribution in [0.5, 0.6) is 0 Å². The van der Waals surface area contributed by atoms with Gasteiger partial charge in [0.2, 0.25) is 0 Å². The number of aliphatic hydroxyl groups is 1. The zero-order valence-corrected chi connectivity index (χ0v) is 23.3. The predicted molar refractivity (Wildman–Crippen MR) is 125 cm³/mol. The maximum Gasteiger partial charge on any atom is 0.192 e. The van der Waals surface area contributed by atoms with E-state index < -0.39 is 34.3 Å². The normalized spacial score (nSPS) is 29.7. The Labute approximate surface area is 186 Å². The van der Waals surface area contributed by atoms with Crippen molar-refractivity contribution < 1.29 is 28.2 Å². The van der Waals surface area contributed by atoms with Crippen molar-refractivity contribution >= 4 is 16.6 Å². The molecule has 2 saturated heterocycles. The second-order valence-electron chi connectivity index (χ2n) is 12.6. The molecular weight excluding hydrogens is 416 g/mol. The Bertz CT molecular complexity index is 576. The highest BCUT2D eigenvalue weighted by Gasteiger charge is 2.59. The fraction of sp³-hybridized carbons (Fsp3) is 1.00. The van der Waals surface area contributed by atoms with Crippen molar-refractivity contribution in [3.63, 3.8) is 0 Å². The van der Waals surface area contributed by atoms with E-state index in [2.05, 4.69) is 67.7 Å². The molecule has 2 fully saturated rings. The molecule has 1 N–H and O–H groups in total. The number of ether oxygens (including phenoxy) is 3. The molecule has 0 amide bonds. The van der Waals surface area contributed by atoms with E-state index in [1.807, 2.05) is 13.8 Å². The molecule has 0 saturated carbocycles. The van der Waals surface area contributed by atoms with E-state index in [1.54, 1.807) is 0 Å². The highest BCUT2D eigenvalue weighted by molar-refractivity contribution is 6.74. The van der Waals surface area contributed by atoms with Gasteiger partial charge < -0.3 is 28.2 Å². The Morgan fingerprint density at radius 3 is 1.67 bits per heavy atom. The Kier molecular flexibility index (Phi) is 7.23. The van der Waals surface area contributed by atoms with Gasteiger partial charge in [-0.1, -0.05) is 41.5 Å². The number of aliphatic hydroxyl groups excluding tert-OH is 1. The lowest BCUT2D eigenvalue weighted by Gasteiger charge is -2.49. The quantitative estimate of drug-likeness (QED) is 0.559. The van der Waals surface area contributed by atoms with E-state index in [0.717, 1.165) is 0 Å². The maximum absolute atomic E-state index is 10.6. The molecule has 8 heteroatoms. The molecular formula is C22H46O6Si2. The largest absolute Gasteiger partial charge is 0.414 e. The van der Waals surface area contributed by atoms with E-state index in [-0.39, 0.29) is 22.3 Å². The molecule has 2 aliphatic rings. The fourth-order valence-electron chi connectivity index (χ4n) is 3.35. The predicted octanol–water partition coefficient (Wildman–Crippen LogP) is 5.03. The molecule has 2 heterocycles. The van der Waals surface area contributed by atoms with Gasteiger partial charge in [-0.15, -0.1) is 0 Å². The Balaban J connectivity index is 2.36. The van der Waals surface area contributed by atoms with Crippen LogP contribution in [0, 0.1) is 0 Å². The number of rotatable bonds is 6. The first-order valence-electron chi connectivity index (χ1n) is 11.2. The van der Waals surface area contributed by atoms with Crippen molar-refractivity contribution in [2.24, 2.45) is 0 Å². The Morgan fingerprint density at radius 1 is 0.833 bits per heavy atom. The number of fused-ring (bicyclic) bond motifs is 1. The van der Waals surface area contributed by atoms with E-state index in [9.17, 15) is 5.11 Å². The van der Waals surface area contributed by atoms with Gasteiger partial charge in [-0.05, 0) is 50.1 Å². The summed E-state index contributed by atoms with van der Waals surface area (Å²) in [5.41, 5.74) is -0.916. The fourth-order valence-corrected chi connectivity index (χ4v) is 5.43. The first-order valence-corrected chi connectivity index (χ1v) is 17.0. The third-order valence-corrected chi connectivity index (χ3v) is 16.4. The molecule has 178 valence electrons. The van der Waals surface area contributed by atoms with Gasteiger partial charge in [0.1, 0.15) is 11.7 Å². The van der Waals surface area contributed by atoms with Gasteiger partial charge in [0.15, 0.2) is 28.7 Å². The minimum absolute atomic E-state index is 0.0630. The van der Waals surface area contributed by atoms with Crippen LogP contribution in [-0.2, 0) is 23.1 Å². The molecule has 0 radical (unpaired) electrons. The minimum Gasteiger partial charge on any atom is -0.414 e. The van der Waals surface area contributed by atoms with E-state index in [0.29, 0.717) is 19.6 Å². The van der Waals surface area contributed by atoms with Gasteiger partial charge in [-0.3, -0.25) is 0 Å². The third kappa shape index (κ3) is 5.57. The molecule has 0 spiro atoms. The SMILES string of the molecule is CC1(C)O[C@@H]2[C@@H](C[C@@H](O)OC2(CO[Si](C)(C)C(C)(C)C)CO[Si](C)(C)C(C)(C)C)O1. The molecule has 2 aliphatic heterocycles. The summed E-state index contributed by atoms with van der Waals surface area (Å²) in [6, 6.07) is 0. The first kappa shape index (κ1) is 26.4. The lowest BCUT2D eigenvalue weighted by atomic mass is 9.89.